The summed E-state index contributed by atoms with van der Waals surface area (Å²) in [5.74, 6) is 0.860. The van der Waals surface area contributed by atoms with Gasteiger partial charge in [-0.25, -0.2) is 0 Å². The molecule has 0 amide bonds. The van der Waals surface area contributed by atoms with Gasteiger partial charge in [0.15, 0.2) is 6.29 Å². The Balaban J connectivity index is 1.91. The van der Waals surface area contributed by atoms with Gasteiger partial charge in [-0.15, -0.1) is 0 Å². The summed E-state index contributed by atoms with van der Waals surface area (Å²) in [6.07, 6.45) is 3.25. The first-order valence-electron chi connectivity index (χ1n) is 5.46. The van der Waals surface area contributed by atoms with Crippen molar-refractivity contribution in [3.63, 3.8) is 0 Å². The molecule has 0 bridgehead atoms. The summed E-state index contributed by atoms with van der Waals surface area (Å²) < 4.78 is 11.2. The van der Waals surface area contributed by atoms with Crippen LogP contribution >= 0.6 is 0 Å². The molecule has 0 saturated carbocycles. The van der Waals surface area contributed by atoms with Crippen LogP contribution in [0.4, 0.5) is 0 Å². The SMILES string of the molecule is NCc1ccc(OC2CCCCO2)cc1. The maximum atomic E-state index is 5.69. The number of nitrogens with two attached hydrogens (primary N) is 1. The molecule has 0 aliphatic carbocycles. The third-order valence-electron chi connectivity index (χ3n) is 2.56. The second-order valence-electron chi connectivity index (χ2n) is 3.76. The molecule has 1 fully saturated rings. The Labute approximate surface area is 90.2 Å². The van der Waals surface area contributed by atoms with E-state index in [0.29, 0.717) is 6.54 Å². The van der Waals surface area contributed by atoms with Gasteiger partial charge in [-0.05, 0) is 30.5 Å². The number of ether oxygens (including phenoxy) is 2. The Bertz CT molecular complexity index is 291. The zero-order valence-corrected chi connectivity index (χ0v) is 8.82. The van der Waals surface area contributed by atoms with Crippen molar-refractivity contribution in [3.05, 3.63) is 29.8 Å². The van der Waals surface area contributed by atoms with Crippen LogP contribution in [0.3, 0.4) is 0 Å². The largest absolute Gasteiger partial charge is 0.465 e. The molecule has 0 aromatic heterocycles. The van der Waals surface area contributed by atoms with E-state index in [1.54, 1.807) is 0 Å². The molecule has 2 rings (SSSR count). The molecule has 1 aromatic carbocycles. The molecular formula is C12H17NO2. The molecule has 3 nitrogen and oxygen atoms in total. The summed E-state index contributed by atoms with van der Waals surface area (Å²) >= 11 is 0. The monoisotopic (exact) mass is 207 g/mol. The summed E-state index contributed by atoms with van der Waals surface area (Å²) in [6.45, 7) is 1.38. The van der Waals surface area contributed by atoms with Gasteiger partial charge in [-0.2, -0.15) is 0 Å². The second-order valence-corrected chi connectivity index (χ2v) is 3.76. The predicted octanol–water partition coefficient (Wildman–Crippen LogP) is 2.05. The van der Waals surface area contributed by atoms with Crippen LogP contribution in [-0.2, 0) is 11.3 Å². The lowest BCUT2D eigenvalue weighted by molar-refractivity contribution is -0.105. The molecule has 1 aromatic rings. The highest BCUT2D eigenvalue weighted by atomic mass is 16.7. The normalized spacial score (nSPS) is 21.3. The van der Waals surface area contributed by atoms with Crippen molar-refractivity contribution in [2.75, 3.05) is 6.61 Å². The van der Waals surface area contributed by atoms with E-state index in [4.69, 9.17) is 15.2 Å². The molecule has 0 spiro atoms. The van der Waals surface area contributed by atoms with Gasteiger partial charge in [-0.3, -0.25) is 0 Å². The van der Waals surface area contributed by atoms with Gasteiger partial charge in [0.1, 0.15) is 5.75 Å². The lowest BCUT2D eigenvalue weighted by Gasteiger charge is -2.23. The smallest absolute Gasteiger partial charge is 0.199 e. The Morgan fingerprint density at radius 1 is 1.27 bits per heavy atom. The van der Waals surface area contributed by atoms with E-state index < -0.39 is 0 Å². The van der Waals surface area contributed by atoms with Gasteiger partial charge in [0, 0.05) is 13.0 Å². The van der Waals surface area contributed by atoms with Crippen molar-refractivity contribution in [2.24, 2.45) is 5.73 Å². The average Bonchev–Trinajstić information content (AvgIpc) is 2.31. The average molecular weight is 207 g/mol. The minimum absolute atomic E-state index is 0.0672. The lowest BCUT2D eigenvalue weighted by Crippen LogP contribution is -2.24. The first-order valence-corrected chi connectivity index (χ1v) is 5.46. The van der Waals surface area contributed by atoms with Crippen LogP contribution in [0.15, 0.2) is 24.3 Å². The Morgan fingerprint density at radius 3 is 2.67 bits per heavy atom. The van der Waals surface area contributed by atoms with Gasteiger partial charge < -0.3 is 15.2 Å². The van der Waals surface area contributed by atoms with Crippen molar-refractivity contribution in [3.8, 4) is 5.75 Å². The molecule has 2 N–H and O–H groups in total. The fraction of sp³-hybridized carbons (Fsp3) is 0.500. The van der Waals surface area contributed by atoms with Gasteiger partial charge in [-0.1, -0.05) is 12.1 Å². The number of hydrogen-bond donors (Lipinski definition) is 1. The van der Waals surface area contributed by atoms with E-state index in [1.165, 1.54) is 6.42 Å². The summed E-state index contributed by atoms with van der Waals surface area (Å²) in [7, 11) is 0. The van der Waals surface area contributed by atoms with E-state index in [1.807, 2.05) is 24.3 Å². The van der Waals surface area contributed by atoms with Crippen LogP contribution in [0.2, 0.25) is 0 Å². The Hall–Kier alpha value is -1.06. The highest BCUT2D eigenvalue weighted by Gasteiger charge is 2.14. The van der Waals surface area contributed by atoms with E-state index in [9.17, 15) is 0 Å². The van der Waals surface area contributed by atoms with E-state index >= 15 is 0 Å². The van der Waals surface area contributed by atoms with Gasteiger partial charge >= 0.3 is 0 Å². The van der Waals surface area contributed by atoms with E-state index in [-0.39, 0.29) is 6.29 Å². The highest BCUT2D eigenvalue weighted by molar-refractivity contribution is 5.27. The van der Waals surface area contributed by atoms with Gasteiger partial charge in [0.2, 0.25) is 0 Å². The third-order valence-corrected chi connectivity index (χ3v) is 2.56. The summed E-state index contributed by atoms with van der Waals surface area (Å²) in [6, 6.07) is 7.86. The van der Waals surface area contributed by atoms with E-state index in [2.05, 4.69) is 0 Å². The molecule has 1 aliphatic rings. The van der Waals surface area contributed by atoms with Crippen LogP contribution in [0.5, 0.6) is 5.75 Å². The quantitative estimate of drug-likeness (QED) is 0.825. The molecule has 82 valence electrons. The first-order chi connectivity index (χ1) is 7.38. The third kappa shape index (κ3) is 2.94. The van der Waals surface area contributed by atoms with Crippen molar-refractivity contribution >= 4 is 0 Å². The molecule has 0 radical (unpaired) electrons. The number of hydrogen-bond acceptors (Lipinski definition) is 3. The molecule has 1 heterocycles. The van der Waals surface area contributed by atoms with Crippen LogP contribution in [0.25, 0.3) is 0 Å². The fourth-order valence-electron chi connectivity index (χ4n) is 1.66. The van der Waals surface area contributed by atoms with Crippen molar-refractivity contribution in [1.29, 1.82) is 0 Å². The standard InChI is InChI=1S/C12H17NO2/c13-9-10-4-6-11(7-5-10)15-12-3-1-2-8-14-12/h4-7,12H,1-3,8-9,13H2. The summed E-state index contributed by atoms with van der Waals surface area (Å²) in [5, 5.41) is 0. The van der Waals surface area contributed by atoms with Crippen molar-refractivity contribution in [2.45, 2.75) is 32.1 Å². The second kappa shape index (κ2) is 5.14. The lowest BCUT2D eigenvalue weighted by atomic mass is 10.2. The van der Waals surface area contributed by atoms with Crippen molar-refractivity contribution < 1.29 is 9.47 Å². The molecule has 1 unspecified atom stereocenters. The summed E-state index contributed by atoms with van der Waals surface area (Å²) in [4.78, 5) is 0. The topological polar surface area (TPSA) is 44.5 Å². The molecule has 1 aliphatic heterocycles. The molecule has 15 heavy (non-hydrogen) atoms. The zero-order valence-electron chi connectivity index (χ0n) is 8.82. The molecular weight excluding hydrogens is 190 g/mol. The van der Waals surface area contributed by atoms with Crippen LogP contribution in [-0.4, -0.2) is 12.9 Å². The number of rotatable bonds is 3. The Morgan fingerprint density at radius 2 is 2.07 bits per heavy atom. The molecule has 1 saturated heterocycles. The molecule has 3 heteroatoms. The Kier molecular flexibility index (Phi) is 3.59. The zero-order chi connectivity index (χ0) is 10.5. The number of benzene rings is 1. The maximum absolute atomic E-state index is 5.69. The van der Waals surface area contributed by atoms with Crippen LogP contribution in [0, 0.1) is 0 Å². The van der Waals surface area contributed by atoms with Crippen molar-refractivity contribution in [1.82, 2.24) is 0 Å². The fourth-order valence-corrected chi connectivity index (χ4v) is 1.66. The minimum atomic E-state index is -0.0672. The first kappa shape index (κ1) is 10.5. The van der Waals surface area contributed by atoms with E-state index in [0.717, 1.165) is 30.8 Å². The van der Waals surface area contributed by atoms with Crippen LogP contribution < -0.4 is 10.5 Å². The summed E-state index contributed by atoms with van der Waals surface area (Å²) in [5.41, 5.74) is 6.64. The van der Waals surface area contributed by atoms with Crippen LogP contribution in [0.1, 0.15) is 24.8 Å². The highest BCUT2D eigenvalue weighted by Crippen LogP contribution is 2.19. The van der Waals surface area contributed by atoms with Gasteiger partial charge in [0.25, 0.3) is 0 Å². The maximum Gasteiger partial charge on any atom is 0.199 e. The molecule has 1 atom stereocenters. The minimum Gasteiger partial charge on any atom is -0.465 e. The van der Waals surface area contributed by atoms with Gasteiger partial charge in [0.05, 0.1) is 6.61 Å². The predicted molar refractivity (Wildman–Crippen MR) is 58.6 cm³/mol.